The lowest BCUT2D eigenvalue weighted by molar-refractivity contribution is -0.141. The molecule has 1 aromatic heterocycles. The van der Waals surface area contributed by atoms with E-state index in [4.69, 9.17) is 4.74 Å². The summed E-state index contributed by atoms with van der Waals surface area (Å²) in [4.78, 5) is 28.8. The molecule has 0 aliphatic heterocycles. The van der Waals surface area contributed by atoms with Crippen LogP contribution in [-0.4, -0.2) is 59.5 Å². The molecule has 2 amide bonds. The fourth-order valence-corrected chi connectivity index (χ4v) is 2.86. The summed E-state index contributed by atoms with van der Waals surface area (Å²) in [6.45, 7) is 6.44. The molecule has 0 saturated heterocycles. The first-order chi connectivity index (χ1) is 12.5. The maximum Gasteiger partial charge on any atom is 0.242 e. The van der Waals surface area contributed by atoms with Gasteiger partial charge in [-0.25, -0.2) is 0 Å². The molecule has 6 heteroatoms. The van der Waals surface area contributed by atoms with Crippen LogP contribution in [0.25, 0.3) is 0 Å². The van der Waals surface area contributed by atoms with E-state index in [-0.39, 0.29) is 18.4 Å². The third kappa shape index (κ3) is 7.60. The van der Waals surface area contributed by atoms with Gasteiger partial charge in [-0.1, -0.05) is 26.7 Å². The molecule has 0 saturated carbocycles. The molecule has 1 heterocycles. The van der Waals surface area contributed by atoms with Crippen molar-refractivity contribution in [1.82, 2.24) is 14.4 Å². The molecule has 0 aliphatic rings. The molecule has 0 aliphatic carbocycles. The average molecular weight is 366 g/mol. The first-order valence-corrected chi connectivity index (χ1v) is 9.68. The number of carbonyl (C=O) groups excluding carboxylic acids is 2. The number of aromatic nitrogens is 1. The van der Waals surface area contributed by atoms with E-state index in [1.165, 1.54) is 0 Å². The molecule has 0 spiro atoms. The SMILES string of the molecule is CCCCCC(=O)N(CCC)CC(=O)N(CCOC)Cc1cccn1C. The number of amides is 2. The standard InChI is InChI=1S/C20H35N3O3/c1-5-7-8-11-19(24)22(12-6-2)17-20(25)23(14-15-26-4)16-18-10-9-13-21(18)3/h9-10,13H,5-8,11-12,14-17H2,1-4H3. The van der Waals surface area contributed by atoms with Crippen molar-refractivity contribution in [3.8, 4) is 0 Å². The minimum atomic E-state index is -0.0273. The van der Waals surface area contributed by atoms with Crippen LogP contribution in [0.4, 0.5) is 0 Å². The van der Waals surface area contributed by atoms with Crippen LogP contribution < -0.4 is 0 Å². The lowest BCUT2D eigenvalue weighted by atomic mass is 10.2. The number of rotatable bonds is 13. The first-order valence-electron chi connectivity index (χ1n) is 9.68. The Morgan fingerprint density at radius 1 is 1.08 bits per heavy atom. The highest BCUT2D eigenvalue weighted by molar-refractivity contribution is 5.84. The van der Waals surface area contributed by atoms with Crippen LogP contribution in [0, 0.1) is 0 Å². The molecule has 0 bridgehead atoms. The molecule has 0 N–H and O–H groups in total. The van der Waals surface area contributed by atoms with Gasteiger partial charge in [-0.2, -0.15) is 0 Å². The smallest absolute Gasteiger partial charge is 0.242 e. The molecular weight excluding hydrogens is 330 g/mol. The number of hydrogen-bond donors (Lipinski definition) is 0. The largest absolute Gasteiger partial charge is 0.383 e. The highest BCUT2D eigenvalue weighted by atomic mass is 16.5. The second kappa shape index (κ2) is 12.5. The Balaban J connectivity index is 2.73. The summed E-state index contributed by atoms with van der Waals surface area (Å²) in [6, 6.07) is 3.97. The van der Waals surface area contributed by atoms with E-state index in [9.17, 15) is 9.59 Å². The zero-order valence-electron chi connectivity index (χ0n) is 16.9. The molecule has 0 fully saturated rings. The van der Waals surface area contributed by atoms with Crippen molar-refractivity contribution in [2.75, 3.05) is 33.4 Å². The Morgan fingerprint density at radius 3 is 2.42 bits per heavy atom. The number of methoxy groups -OCH3 is 1. The summed E-state index contributed by atoms with van der Waals surface area (Å²) in [7, 11) is 3.60. The highest BCUT2D eigenvalue weighted by Gasteiger charge is 2.21. The lowest BCUT2D eigenvalue weighted by Gasteiger charge is -2.27. The third-order valence-electron chi connectivity index (χ3n) is 4.49. The maximum absolute atomic E-state index is 12.9. The van der Waals surface area contributed by atoms with Crippen molar-refractivity contribution in [1.29, 1.82) is 0 Å². The quantitative estimate of drug-likeness (QED) is 0.505. The van der Waals surface area contributed by atoms with Crippen LogP contribution in [0.2, 0.25) is 0 Å². The summed E-state index contributed by atoms with van der Waals surface area (Å²) in [5.41, 5.74) is 1.06. The van der Waals surface area contributed by atoms with Crippen molar-refractivity contribution < 1.29 is 14.3 Å². The molecule has 1 aromatic rings. The van der Waals surface area contributed by atoms with Gasteiger partial charge >= 0.3 is 0 Å². The summed E-state index contributed by atoms with van der Waals surface area (Å²) in [5, 5.41) is 0. The van der Waals surface area contributed by atoms with Crippen LogP contribution in [0.5, 0.6) is 0 Å². The third-order valence-corrected chi connectivity index (χ3v) is 4.49. The molecule has 0 atom stereocenters. The van der Waals surface area contributed by atoms with Crippen LogP contribution in [0.3, 0.4) is 0 Å². The number of nitrogens with zero attached hydrogens (tertiary/aromatic N) is 3. The number of carbonyl (C=O) groups is 2. The summed E-state index contributed by atoms with van der Waals surface area (Å²) in [5.74, 6) is 0.0553. The number of aryl methyl sites for hydroxylation is 1. The first kappa shape index (κ1) is 22.2. The minimum Gasteiger partial charge on any atom is -0.383 e. The Kier molecular flexibility index (Phi) is 10.7. The number of hydrogen-bond acceptors (Lipinski definition) is 3. The second-order valence-electron chi connectivity index (χ2n) is 6.69. The zero-order chi connectivity index (χ0) is 19.4. The Labute approximate surface area is 158 Å². The maximum atomic E-state index is 12.9. The Morgan fingerprint density at radius 2 is 1.85 bits per heavy atom. The van der Waals surface area contributed by atoms with E-state index < -0.39 is 0 Å². The Bertz CT molecular complexity index is 542. The number of ether oxygens (including phenoxy) is 1. The van der Waals surface area contributed by atoms with Crippen LogP contribution in [-0.2, 0) is 27.9 Å². The van der Waals surface area contributed by atoms with E-state index in [0.717, 1.165) is 31.4 Å². The van der Waals surface area contributed by atoms with E-state index in [1.54, 1.807) is 16.9 Å². The van der Waals surface area contributed by atoms with Gasteiger partial charge in [0.15, 0.2) is 0 Å². The summed E-state index contributed by atoms with van der Waals surface area (Å²) < 4.78 is 7.16. The van der Waals surface area contributed by atoms with Gasteiger partial charge < -0.3 is 19.1 Å². The normalized spacial score (nSPS) is 10.8. The van der Waals surface area contributed by atoms with Gasteiger partial charge in [0.1, 0.15) is 0 Å². The zero-order valence-corrected chi connectivity index (χ0v) is 16.9. The topological polar surface area (TPSA) is 54.8 Å². The monoisotopic (exact) mass is 365 g/mol. The van der Waals surface area contributed by atoms with Gasteiger partial charge in [-0.05, 0) is 25.0 Å². The van der Waals surface area contributed by atoms with E-state index in [1.807, 2.05) is 36.9 Å². The molecular formula is C20H35N3O3. The van der Waals surface area contributed by atoms with Crippen molar-refractivity contribution in [3.63, 3.8) is 0 Å². The van der Waals surface area contributed by atoms with Crippen molar-refractivity contribution in [2.45, 2.75) is 52.5 Å². The van der Waals surface area contributed by atoms with Gasteiger partial charge in [0.25, 0.3) is 0 Å². The minimum absolute atomic E-state index is 0.0273. The highest BCUT2D eigenvalue weighted by Crippen LogP contribution is 2.09. The number of unbranched alkanes of at least 4 members (excludes halogenated alkanes) is 2. The summed E-state index contributed by atoms with van der Waals surface area (Å²) >= 11 is 0. The average Bonchev–Trinajstić information content (AvgIpc) is 3.02. The van der Waals surface area contributed by atoms with Gasteiger partial charge in [0.2, 0.25) is 11.8 Å². The fraction of sp³-hybridized carbons (Fsp3) is 0.700. The molecule has 0 radical (unpaired) electrons. The van der Waals surface area contributed by atoms with Crippen LogP contribution >= 0.6 is 0 Å². The van der Waals surface area contributed by atoms with E-state index >= 15 is 0 Å². The fourth-order valence-electron chi connectivity index (χ4n) is 2.86. The van der Waals surface area contributed by atoms with Crippen molar-refractivity contribution >= 4 is 11.8 Å². The van der Waals surface area contributed by atoms with Crippen molar-refractivity contribution in [2.24, 2.45) is 7.05 Å². The molecule has 148 valence electrons. The van der Waals surface area contributed by atoms with Gasteiger partial charge in [-0.3, -0.25) is 9.59 Å². The molecule has 26 heavy (non-hydrogen) atoms. The molecule has 0 unspecified atom stereocenters. The van der Waals surface area contributed by atoms with E-state index in [0.29, 0.717) is 32.7 Å². The van der Waals surface area contributed by atoms with E-state index in [2.05, 4.69) is 6.92 Å². The van der Waals surface area contributed by atoms with Crippen molar-refractivity contribution in [3.05, 3.63) is 24.0 Å². The predicted molar refractivity (Wildman–Crippen MR) is 104 cm³/mol. The van der Waals surface area contributed by atoms with Crippen LogP contribution in [0.1, 0.15) is 51.6 Å². The Hall–Kier alpha value is -1.82. The lowest BCUT2D eigenvalue weighted by Crippen LogP contribution is -2.44. The molecule has 1 rings (SSSR count). The van der Waals surface area contributed by atoms with Gasteiger partial charge in [0, 0.05) is 45.6 Å². The van der Waals surface area contributed by atoms with Crippen LogP contribution in [0.15, 0.2) is 18.3 Å². The predicted octanol–water partition coefficient (Wildman–Crippen LogP) is 2.82. The summed E-state index contributed by atoms with van der Waals surface area (Å²) in [6.07, 6.45) is 6.36. The second-order valence-corrected chi connectivity index (χ2v) is 6.69. The molecule has 6 nitrogen and oxygen atoms in total. The van der Waals surface area contributed by atoms with Gasteiger partial charge in [-0.15, -0.1) is 0 Å². The van der Waals surface area contributed by atoms with Gasteiger partial charge in [0.05, 0.1) is 19.7 Å². The molecule has 0 aromatic carbocycles.